The van der Waals surface area contributed by atoms with Crippen LogP contribution in [-0.2, 0) is 0 Å². The van der Waals surface area contributed by atoms with Gasteiger partial charge in [-0.15, -0.1) is 22.9 Å². The molecule has 0 aliphatic carbocycles. The molecule has 2 aromatic rings. The maximum Gasteiger partial charge on any atom is 0.102 e. The Morgan fingerprint density at radius 3 is 2.85 bits per heavy atom. The lowest BCUT2D eigenvalue weighted by molar-refractivity contribution is 0.206. The summed E-state index contributed by atoms with van der Waals surface area (Å²) in [6.45, 7) is 0. The van der Waals surface area contributed by atoms with E-state index in [1.807, 2.05) is 30.3 Å². The second-order valence-electron chi connectivity index (χ2n) is 2.86. The quantitative estimate of drug-likeness (QED) is 0.759. The Labute approximate surface area is 85.6 Å². The number of benzene rings is 1. The number of aliphatic hydroxyl groups excluding tert-OH is 1. The van der Waals surface area contributed by atoms with E-state index in [0.29, 0.717) is 0 Å². The molecule has 0 aliphatic rings. The summed E-state index contributed by atoms with van der Waals surface area (Å²) < 4.78 is 1.20. The molecule has 2 rings (SSSR count). The van der Waals surface area contributed by atoms with Gasteiger partial charge in [0.2, 0.25) is 0 Å². The number of hydrogen-bond donors (Lipinski definition) is 1. The predicted octanol–water partition coefficient (Wildman–Crippen LogP) is 3.17. The third-order valence-electron chi connectivity index (χ3n) is 1.92. The van der Waals surface area contributed by atoms with Gasteiger partial charge in [0.25, 0.3) is 0 Å². The zero-order chi connectivity index (χ0) is 9.26. The molecule has 1 unspecified atom stereocenters. The van der Waals surface area contributed by atoms with Gasteiger partial charge in [-0.25, -0.2) is 0 Å². The first kappa shape index (κ1) is 9.00. The SMILES string of the molecule is OC(CCl)c1cc2ccccc2s1. The average molecular weight is 213 g/mol. The normalized spacial score (nSPS) is 13.4. The van der Waals surface area contributed by atoms with Gasteiger partial charge in [-0.1, -0.05) is 18.2 Å². The highest BCUT2D eigenvalue weighted by Gasteiger charge is 2.09. The second-order valence-corrected chi connectivity index (χ2v) is 4.28. The van der Waals surface area contributed by atoms with Crippen LogP contribution in [-0.4, -0.2) is 11.0 Å². The highest BCUT2D eigenvalue weighted by Crippen LogP contribution is 2.29. The van der Waals surface area contributed by atoms with Crippen LogP contribution in [0.4, 0.5) is 0 Å². The van der Waals surface area contributed by atoms with E-state index in [0.717, 1.165) is 4.88 Å². The van der Waals surface area contributed by atoms with Crippen molar-refractivity contribution in [3.8, 4) is 0 Å². The molecule has 0 radical (unpaired) electrons. The molecule has 3 heteroatoms. The summed E-state index contributed by atoms with van der Waals surface area (Å²) >= 11 is 7.17. The first-order chi connectivity index (χ1) is 6.31. The van der Waals surface area contributed by atoms with E-state index < -0.39 is 6.10 Å². The molecule has 0 saturated carbocycles. The Balaban J connectivity index is 2.49. The van der Waals surface area contributed by atoms with Gasteiger partial charge in [0, 0.05) is 9.58 Å². The fourth-order valence-corrected chi connectivity index (χ4v) is 2.55. The first-order valence-electron chi connectivity index (χ1n) is 4.04. The van der Waals surface area contributed by atoms with Crippen molar-refractivity contribution in [2.24, 2.45) is 0 Å². The Morgan fingerprint density at radius 1 is 1.38 bits per heavy atom. The molecule has 68 valence electrons. The maximum absolute atomic E-state index is 9.51. The number of hydrogen-bond acceptors (Lipinski definition) is 2. The topological polar surface area (TPSA) is 20.2 Å². The summed E-state index contributed by atoms with van der Waals surface area (Å²) in [6.07, 6.45) is -0.529. The van der Waals surface area contributed by atoms with Crippen molar-refractivity contribution in [3.63, 3.8) is 0 Å². The van der Waals surface area contributed by atoms with Crippen molar-refractivity contribution in [2.45, 2.75) is 6.10 Å². The van der Waals surface area contributed by atoms with Crippen LogP contribution in [0.5, 0.6) is 0 Å². The van der Waals surface area contributed by atoms with Crippen molar-refractivity contribution < 1.29 is 5.11 Å². The van der Waals surface area contributed by atoms with Gasteiger partial charge in [-0.05, 0) is 17.5 Å². The van der Waals surface area contributed by atoms with Crippen LogP contribution in [0.2, 0.25) is 0 Å². The number of thiophene rings is 1. The van der Waals surface area contributed by atoms with E-state index in [2.05, 4.69) is 0 Å². The maximum atomic E-state index is 9.51. The van der Waals surface area contributed by atoms with Crippen LogP contribution in [0.15, 0.2) is 30.3 Å². The Bertz CT molecular complexity index is 377. The first-order valence-corrected chi connectivity index (χ1v) is 5.39. The molecule has 1 nitrogen and oxygen atoms in total. The lowest BCUT2D eigenvalue weighted by Gasteiger charge is -2.00. The van der Waals surface area contributed by atoms with Crippen LogP contribution in [0.3, 0.4) is 0 Å². The third-order valence-corrected chi connectivity index (χ3v) is 3.43. The molecule has 1 aromatic carbocycles. The van der Waals surface area contributed by atoms with Crippen LogP contribution >= 0.6 is 22.9 Å². The van der Waals surface area contributed by atoms with E-state index in [4.69, 9.17) is 11.6 Å². The van der Waals surface area contributed by atoms with Crippen LogP contribution in [0.1, 0.15) is 11.0 Å². The van der Waals surface area contributed by atoms with Crippen molar-refractivity contribution in [1.29, 1.82) is 0 Å². The average Bonchev–Trinajstić information content (AvgIpc) is 2.59. The van der Waals surface area contributed by atoms with Gasteiger partial charge >= 0.3 is 0 Å². The number of aliphatic hydroxyl groups is 1. The Morgan fingerprint density at radius 2 is 2.15 bits per heavy atom. The number of fused-ring (bicyclic) bond motifs is 1. The van der Waals surface area contributed by atoms with E-state index in [9.17, 15) is 5.11 Å². The summed E-state index contributed by atoms with van der Waals surface area (Å²) in [7, 11) is 0. The monoisotopic (exact) mass is 212 g/mol. The summed E-state index contributed by atoms with van der Waals surface area (Å²) in [5, 5.41) is 10.7. The van der Waals surface area contributed by atoms with Crippen LogP contribution in [0, 0.1) is 0 Å². The molecule has 1 N–H and O–H groups in total. The highest BCUT2D eigenvalue weighted by molar-refractivity contribution is 7.19. The standard InChI is InChI=1S/C10H9ClOS/c11-6-8(12)10-5-7-3-1-2-4-9(7)13-10/h1-5,8,12H,6H2. The smallest absolute Gasteiger partial charge is 0.102 e. The summed E-state index contributed by atoms with van der Waals surface area (Å²) in [6, 6.07) is 10.1. The van der Waals surface area contributed by atoms with Crippen molar-refractivity contribution in [3.05, 3.63) is 35.2 Å². The fraction of sp³-hybridized carbons (Fsp3) is 0.200. The van der Waals surface area contributed by atoms with E-state index in [1.165, 1.54) is 10.1 Å². The van der Waals surface area contributed by atoms with E-state index >= 15 is 0 Å². The Kier molecular flexibility index (Phi) is 2.54. The molecular formula is C10H9ClOS. The van der Waals surface area contributed by atoms with Gasteiger partial charge in [0.15, 0.2) is 0 Å². The number of rotatable bonds is 2. The molecule has 0 spiro atoms. The van der Waals surface area contributed by atoms with Crippen LogP contribution in [0.25, 0.3) is 10.1 Å². The Hall–Kier alpha value is -0.570. The zero-order valence-corrected chi connectivity index (χ0v) is 8.48. The molecular weight excluding hydrogens is 204 g/mol. The van der Waals surface area contributed by atoms with Gasteiger partial charge in [0.05, 0.1) is 5.88 Å². The molecule has 0 bridgehead atoms. The van der Waals surface area contributed by atoms with Crippen molar-refractivity contribution in [2.75, 3.05) is 5.88 Å². The van der Waals surface area contributed by atoms with Crippen molar-refractivity contribution >= 4 is 33.0 Å². The molecule has 13 heavy (non-hydrogen) atoms. The molecule has 0 amide bonds. The second kappa shape index (κ2) is 3.66. The molecule has 1 aromatic heterocycles. The van der Waals surface area contributed by atoms with Gasteiger partial charge in [-0.2, -0.15) is 0 Å². The minimum atomic E-state index is -0.529. The van der Waals surface area contributed by atoms with Gasteiger partial charge < -0.3 is 5.11 Å². The number of halogens is 1. The third kappa shape index (κ3) is 1.70. The summed E-state index contributed by atoms with van der Waals surface area (Å²) in [4.78, 5) is 0.941. The predicted molar refractivity (Wildman–Crippen MR) is 57.5 cm³/mol. The summed E-state index contributed by atoms with van der Waals surface area (Å²) in [5.74, 6) is 0.257. The van der Waals surface area contributed by atoms with E-state index in [1.54, 1.807) is 11.3 Å². The molecule has 0 fully saturated rings. The minimum Gasteiger partial charge on any atom is -0.386 e. The van der Waals surface area contributed by atoms with Crippen molar-refractivity contribution in [1.82, 2.24) is 0 Å². The largest absolute Gasteiger partial charge is 0.386 e. The van der Waals surface area contributed by atoms with Gasteiger partial charge in [0.1, 0.15) is 6.10 Å². The molecule has 0 saturated heterocycles. The molecule has 1 heterocycles. The van der Waals surface area contributed by atoms with Gasteiger partial charge in [-0.3, -0.25) is 0 Å². The highest BCUT2D eigenvalue weighted by atomic mass is 35.5. The minimum absolute atomic E-state index is 0.257. The number of alkyl halides is 1. The zero-order valence-electron chi connectivity index (χ0n) is 6.90. The fourth-order valence-electron chi connectivity index (χ4n) is 1.24. The lowest BCUT2D eigenvalue weighted by Crippen LogP contribution is -1.93. The van der Waals surface area contributed by atoms with Crippen LogP contribution < -0.4 is 0 Å². The molecule has 1 atom stereocenters. The molecule has 0 aliphatic heterocycles. The van der Waals surface area contributed by atoms with E-state index in [-0.39, 0.29) is 5.88 Å². The summed E-state index contributed by atoms with van der Waals surface area (Å²) in [5.41, 5.74) is 0. The lowest BCUT2D eigenvalue weighted by atomic mass is 10.2.